The average Bonchev–Trinajstić information content (AvgIpc) is 2.15. The number of rotatable bonds is 5. The fourth-order valence-corrected chi connectivity index (χ4v) is 2.10. The molecule has 16 heavy (non-hydrogen) atoms. The van der Waals surface area contributed by atoms with Crippen LogP contribution in [-0.4, -0.2) is 34.2 Å². The van der Waals surface area contributed by atoms with Crippen LogP contribution in [0.3, 0.4) is 0 Å². The first-order chi connectivity index (χ1) is 7.79. The predicted octanol–water partition coefficient (Wildman–Crippen LogP) is 1.01. The monoisotopic (exact) mass is 221 g/mol. The second-order valence-corrected chi connectivity index (χ2v) is 4.37. The van der Waals surface area contributed by atoms with Gasteiger partial charge in [0.25, 0.3) is 0 Å². The van der Waals surface area contributed by atoms with Gasteiger partial charge in [-0.25, -0.2) is 4.98 Å². The summed E-state index contributed by atoms with van der Waals surface area (Å²) in [4.78, 5) is 6.31. The Labute approximate surface area is 96.1 Å². The zero-order chi connectivity index (χ0) is 11.4. The Kier molecular flexibility index (Phi) is 3.74. The Hall–Kier alpha value is -1.13. The van der Waals surface area contributed by atoms with Gasteiger partial charge in [0.15, 0.2) is 0 Å². The summed E-state index contributed by atoms with van der Waals surface area (Å²) >= 11 is 0. The molecule has 0 bridgehead atoms. The van der Waals surface area contributed by atoms with Crippen molar-refractivity contribution in [3.05, 3.63) is 23.9 Å². The van der Waals surface area contributed by atoms with E-state index in [0.29, 0.717) is 11.9 Å². The summed E-state index contributed by atoms with van der Waals surface area (Å²) in [5.74, 6) is 0.565. The lowest BCUT2D eigenvalue weighted by Crippen LogP contribution is -2.41. The molecule has 3 N–H and O–H groups in total. The largest absolute Gasteiger partial charge is 0.395 e. The van der Waals surface area contributed by atoms with E-state index < -0.39 is 0 Å². The van der Waals surface area contributed by atoms with Gasteiger partial charge < -0.3 is 10.8 Å². The average molecular weight is 221 g/mol. The van der Waals surface area contributed by atoms with Crippen molar-refractivity contribution in [1.82, 2.24) is 9.88 Å². The number of aliphatic hydroxyl groups is 1. The molecule has 0 radical (unpaired) electrons. The molecule has 4 nitrogen and oxygen atoms in total. The third-order valence-electron chi connectivity index (χ3n) is 3.21. The van der Waals surface area contributed by atoms with Crippen LogP contribution < -0.4 is 5.73 Å². The van der Waals surface area contributed by atoms with E-state index in [4.69, 9.17) is 10.8 Å². The van der Waals surface area contributed by atoms with E-state index >= 15 is 0 Å². The number of nitrogen functional groups attached to an aromatic ring is 1. The van der Waals surface area contributed by atoms with Crippen LogP contribution in [0.15, 0.2) is 18.3 Å². The lowest BCUT2D eigenvalue weighted by atomic mass is 9.91. The Morgan fingerprint density at radius 1 is 1.50 bits per heavy atom. The summed E-state index contributed by atoms with van der Waals surface area (Å²) in [7, 11) is 0. The molecular formula is C12H19N3O. The minimum atomic E-state index is 0.219. The van der Waals surface area contributed by atoms with Gasteiger partial charge in [-0.15, -0.1) is 0 Å². The van der Waals surface area contributed by atoms with E-state index in [9.17, 15) is 0 Å². The molecule has 0 atom stereocenters. The lowest BCUT2D eigenvalue weighted by molar-refractivity contribution is 0.0945. The van der Waals surface area contributed by atoms with Gasteiger partial charge >= 0.3 is 0 Å². The summed E-state index contributed by atoms with van der Waals surface area (Å²) in [6.45, 7) is 1.82. The molecule has 1 aliphatic carbocycles. The number of pyridine rings is 1. The van der Waals surface area contributed by atoms with Crippen molar-refractivity contribution in [2.24, 2.45) is 0 Å². The van der Waals surface area contributed by atoms with E-state index in [1.165, 1.54) is 24.8 Å². The fourth-order valence-electron chi connectivity index (χ4n) is 2.10. The highest BCUT2D eigenvalue weighted by molar-refractivity contribution is 5.31. The molecule has 0 saturated heterocycles. The van der Waals surface area contributed by atoms with E-state index in [2.05, 4.69) is 9.88 Å². The van der Waals surface area contributed by atoms with Crippen molar-refractivity contribution in [3.8, 4) is 0 Å². The zero-order valence-electron chi connectivity index (χ0n) is 9.47. The normalized spacial score (nSPS) is 16.4. The van der Waals surface area contributed by atoms with Crippen LogP contribution in [0.1, 0.15) is 24.8 Å². The van der Waals surface area contributed by atoms with E-state index in [-0.39, 0.29) is 6.61 Å². The fraction of sp³-hybridized carbons (Fsp3) is 0.583. The molecule has 0 aromatic carbocycles. The number of aliphatic hydroxyl groups excluding tert-OH is 1. The zero-order valence-corrected chi connectivity index (χ0v) is 9.47. The van der Waals surface area contributed by atoms with Gasteiger partial charge in [-0.3, -0.25) is 4.90 Å². The second-order valence-electron chi connectivity index (χ2n) is 4.37. The molecule has 0 amide bonds. The molecule has 1 saturated carbocycles. The van der Waals surface area contributed by atoms with Crippen LogP contribution in [0.5, 0.6) is 0 Å². The summed E-state index contributed by atoms with van der Waals surface area (Å²) in [6.07, 6.45) is 5.55. The highest BCUT2D eigenvalue weighted by Gasteiger charge is 2.24. The number of nitrogens with zero attached hydrogens (tertiary/aromatic N) is 2. The quantitative estimate of drug-likeness (QED) is 0.779. The summed E-state index contributed by atoms with van der Waals surface area (Å²) in [5, 5.41) is 9.06. The van der Waals surface area contributed by atoms with Crippen LogP contribution in [0.2, 0.25) is 0 Å². The number of hydrogen-bond donors (Lipinski definition) is 2. The van der Waals surface area contributed by atoms with Crippen molar-refractivity contribution < 1.29 is 5.11 Å². The van der Waals surface area contributed by atoms with Gasteiger partial charge in [0.1, 0.15) is 5.82 Å². The molecule has 0 spiro atoms. The standard InChI is InChI=1S/C12H19N3O/c13-12-8-10(4-5-14-12)9-15(6-7-16)11-2-1-3-11/h4-5,8,11,16H,1-3,6-7,9H2,(H2,13,14). The molecule has 1 aromatic heterocycles. The van der Waals surface area contributed by atoms with Gasteiger partial charge in [-0.05, 0) is 30.5 Å². The van der Waals surface area contributed by atoms with Gasteiger partial charge in [0.2, 0.25) is 0 Å². The maximum Gasteiger partial charge on any atom is 0.123 e. The van der Waals surface area contributed by atoms with Crippen LogP contribution >= 0.6 is 0 Å². The summed E-state index contributed by atoms with van der Waals surface area (Å²) < 4.78 is 0. The van der Waals surface area contributed by atoms with E-state index in [0.717, 1.165) is 13.1 Å². The first-order valence-corrected chi connectivity index (χ1v) is 5.85. The first kappa shape index (κ1) is 11.4. The Balaban J connectivity index is 1.98. The number of hydrogen-bond acceptors (Lipinski definition) is 4. The maximum atomic E-state index is 9.06. The van der Waals surface area contributed by atoms with Gasteiger partial charge in [0, 0.05) is 25.3 Å². The first-order valence-electron chi connectivity index (χ1n) is 5.85. The highest BCUT2D eigenvalue weighted by Crippen LogP contribution is 2.25. The van der Waals surface area contributed by atoms with Crippen molar-refractivity contribution in [2.75, 3.05) is 18.9 Å². The van der Waals surface area contributed by atoms with Crippen molar-refractivity contribution in [1.29, 1.82) is 0 Å². The maximum absolute atomic E-state index is 9.06. The number of anilines is 1. The highest BCUT2D eigenvalue weighted by atomic mass is 16.3. The van der Waals surface area contributed by atoms with Crippen LogP contribution in [-0.2, 0) is 6.54 Å². The van der Waals surface area contributed by atoms with Crippen LogP contribution in [0.25, 0.3) is 0 Å². The number of nitrogens with two attached hydrogens (primary N) is 1. The van der Waals surface area contributed by atoms with Crippen molar-refractivity contribution >= 4 is 5.82 Å². The molecule has 1 fully saturated rings. The van der Waals surface area contributed by atoms with Gasteiger partial charge in [-0.1, -0.05) is 6.42 Å². The predicted molar refractivity (Wildman–Crippen MR) is 63.8 cm³/mol. The van der Waals surface area contributed by atoms with E-state index in [1.807, 2.05) is 12.1 Å². The van der Waals surface area contributed by atoms with Crippen LogP contribution in [0, 0.1) is 0 Å². The van der Waals surface area contributed by atoms with Gasteiger partial charge in [-0.2, -0.15) is 0 Å². The van der Waals surface area contributed by atoms with Crippen LogP contribution in [0.4, 0.5) is 5.82 Å². The molecule has 4 heteroatoms. The Bertz CT molecular complexity index is 339. The molecule has 1 aliphatic rings. The Morgan fingerprint density at radius 3 is 2.88 bits per heavy atom. The topological polar surface area (TPSA) is 62.4 Å². The SMILES string of the molecule is Nc1cc(CN(CCO)C2CCC2)ccn1. The van der Waals surface area contributed by atoms with Crippen molar-refractivity contribution in [2.45, 2.75) is 31.8 Å². The molecule has 0 unspecified atom stereocenters. The smallest absolute Gasteiger partial charge is 0.123 e. The molecular weight excluding hydrogens is 202 g/mol. The third kappa shape index (κ3) is 2.71. The summed E-state index contributed by atoms with van der Waals surface area (Å²) in [6, 6.07) is 4.53. The lowest BCUT2D eigenvalue weighted by Gasteiger charge is -2.37. The third-order valence-corrected chi connectivity index (χ3v) is 3.21. The molecule has 1 aromatic rings. The molecule has 2 rings (SSSR count). The van der Waals surface area contributed by atoms with Gasteiger partial charge in [0.05, 0.1) is 6.61 Å². The minimum Gasteiger partial charge on any atom is -0.395 e. The minimum absolute atomic E-state index is 0.219. The summed E-state index contributed by atoms with van der Waals surface area (Å²) in [5.41, 5.74) is 6.83. The van der Waals surface area contributed by atoms with Crippen molar-refractivity contribution in [3.63, 3.8) is 0 Å². The Morgan fingerprint density at radius 2 is 2.31 bits per heavy atom. The molecule has 88 valence electrons. The second kappa shape index (κ2) is 5.27. The van der Waals surface area contributed by atoms with E-state index in [1.54, 1.807) is 6.20 Å². The molecule has 1 heterocycles. The molecule has 0 aliphatic heterocycles. The number of aromatic nitrogens is 1.